The van der Waals surface area contributed by atoms with Crippen molar-refractivity contribution in [1.29, 1.82) is 0 Å². The monoisotopic (exact) mass is 411 g/mol. The van der Waals surface area contributed by atoms with Crippen molar-refractivity contribution in [3.05, 3.63) is 70.8 Å². The molecule has 3 aliphatic heterocycles. The Morgan fingerprint density at radius 2 is 1.59 bits per heavy atom. The predicted molar refractivity (Wildman–Crippen MR) is 110 cm³/mol. The van der Waals surface area contributed by atoms with Gasteiger partial charge in [0.15, 0.2) is 0 Å². The molecule has 0 aliphatic carbocycles. The summed E-state index contributed by atoms with van der Waals surface area (Å²) in [7, 11) is 0. The number of fused-ring (bicyclic) bond motifs is 2. The lowest BCUT2D eigenvalue weighted by atomic mass is 10.0. The average Bonchev–Trinajstić information content (AvgIpc) is 3.38. The second kappa shape index (κ2) is 7.61. The number of halogens is 1. The fourth-order valence-corrected chi connectivity index (χ4v) is 4.54. The fourth-order valence-electron chi connectivity index (χ4n) is 4.54. The molecule has 5 rings (SSSR count). The largest absolute Gasteiger partial charge is 0.338 e. The van der Waals surface area contributed by atoms with Gasteiger partial charge in [-0.05, 0) is 35.6 Å². The number of nitrogens with zero attached hydrogens (tertiary/aromatic N) is 2. The van der Waals surface area contributed by atoms with Gasteiger partial charge >= 0.3 is 0 Å². The molecule has 150 valence electrons. The normalized spacial score (nSPS) is 22.5. The molecular weight excluding hydrogens is 390 g/mol. The van der Waals surface area contributed by atoms with E-state index in [1.165, 1.54) is 4.90 Å². The Bertz CT molecular complexity index is 967. The SMILES string of the molecule is Cl.O=C(c1ccc2c(c1)C(=O)N(Cc1ccccc1)C2=O)N1C[C@H]2CNC[C@H]2C1. The van der Waals surface area contributed by atoms with Gasteiger partial charge in [0.2, 0.25) is 0 Å². The molecule has 0 saturated carbocycles. The third-order valence-electron chi connectivity index (χ3n) is 6.08. The summed E-state index contributed by atoms with van der Waals surface area (Å²) in [5.74, 6) is 0.343. The van der Waals surface area contributed by atoms with E-state index in [1.54, 1.807) is 18.2 Å². The highest BCUT2D eigenvalue weighted by molar-refractivity contribution is 6.22. The van der Waals surface area contributed by atoms with Crippen molar-refractivity contribution < 1.29 is 14.4 Å². The summed E-state index contributed by atoms with van der Waals surface area (Å²) < 4.78 is 0. The van der Waals surface area contributed by atoms with Crippen LogP contribution in [-0.2, 0) is 6.54 Å². The third-order valence-corrected chi connectivity index (χ3v) is 6.08. The lowest BCUT2D eigenvalue weighted by Gasteiger charge is -2.17. The molecule has 0 aromatic heterocycles. The van der Waals surface area contributed by atoms with Crippen LogP contribution in [0.2, 0.25) is 0 Å². The van der Waals surface area contributed by atoms with E-state index in [2.05, 4.69) is 5.32 Å². The van der Waals surface area contributed by atoms with Crippen LogP contribution in [0.3, 0.4) is 0 Å². The molecule has 2 aromatic rings. The maximum atomic E-state index is 12.9. The molecule has 2 fully saturated rings. The van der Waals surface area contributed by atoms with E-state index in [0.717, 1.165) is 31.7 Å². The topological polar surface area (TPSA) is 69.7 Å². The summed E-state index contributed by atoms with van der Waals surface area (Å²) in [4.78, 5) is 41.6. The first kappa shape index (κ1) is 19.6. The molecule has 0 bridgehead atoms. The second-order valence-electron chi connectivity index (χ2n) is 7.83. The average molecular weight is 412 g/mol. The van der Waals surface area contributed by atoms with Crippen molar-refractivity contribution in [3.63, 3.8) is 0 Å². The number of rotatable bonds is 3. The summed E-state index contributed by atoms with van der Waals surface area (Å²) in [5.41, 5.74) is 2.08. The minimum absolute atomic E-state index is 0. The van der Waals surface area contributed by atoms with Crippen molar-refractivity contribution in [2.75, 3.05) is 26.2 Å². The van der Waals surface area contributed by atoms with E-state index < -0.39 is 0 Å². The molecule has 3 heterocycles. The molecule has 2 atom stereocenters. The summed E-state index contributed by atoms with van der Waals surface area (Å²) in [6.45, 7) is 3.65. The van der Waals surface area contributed by atoms with Gasteiger partial charge in [-0.3, -0.25) is 19.3 Å². The van der Waals surface area contributed by atoms with Gasteiger partial charge in [-0.15, -0.1) is 12.4 Å². The highest BCUT2D eigenvalue weighted by atomic mass is 35.5. The molecular formula is C22H22ClN3O3. The van der Waals surface area contributed by atoms with Crippen molar-refractivity contribution in [2.24, 2.45) is 11.8 Å². The molecule has 6 nitrogen and oxygen atoms in total. The molecule has 29 heavy (non-hydrogen) atoms. The van der Waals surface area contributed by atoms with Crippen LogP contribution in [0.5, 0.6) is 0 Å². The van der Waals surface area contributed by atoms with E-state index in [0.29, 0.717) is 28.5 Å². The van der Waals surface area contributed by atoms with Crippen LogP contribution in [0.25, 0.3) is 0 Å². The summed E-state index contributed by atoms with van der Waals surface area (Å²) in [6.07, 6.45) is 0. The van der Waals surface area contributed by atoms with Crippen LogP contribution < -0.4 is 5.32 Å². The number of hydrogen-bond acceptors (Lipinski definition) is 4. The maximum absolute atomic E-state index is 12.9. The van der Waals surface area contributed by atoms with Gasteiger partial charge in [-0.25, -0.2) is 0 Å². The van der Waals surface area contributed by atoms with Crippen LogP contribution in [0.15, 0.2) is 48.5 Å². The van der Waals surface area contributed by atoms with E-state index >= 15 is 0 Å². The van der Waals surface area contributed by atoms with Gasteiger partial charge in [0.1, 0.15) is 0 Å². The Morgan fingerprint density at radius 1 is 0.931 bits per heavy atom. The van der Waals surface area contributed by atoms with Gasteiger partial charge in [0.05, 0.1) is 17.7 Å². The second-order valence-corrected chi connectivity index (χ2v) is 7.83. The minimum Gasteiger partial charge on any atom is -0.338 e. The van der Waals surface area contributed by atoms with Crippen molar-refractivity contribution >= 4 is 30.1 Å². The summed E-state index contributed by atoms with van der Waals surface area (Å²) in [6, 6.07) is 14.3. The molecule has 2 aromatic carbocycles. The fraction of sp³-hybridized carbons (Fsp3) is 0.318. The minimum atomic E-state index is -0.332. The van der Waals surface area contributed by atoms with Crippen LogP contribution in [-0.4, -0.2) is 53.7 Å². The van der Waals surface area contributed by atoms with E-state index in [9.17, 15) is 14.4 Å². The van der Waals surface area contributed by atoms with Gasteiger partial charge in [-0.2, -0.15) is 0 Å². The highest BCUT2D eigenvalue weighted by Gasteiger charge is 2.40. The first-order valence-electron chi connectivity index (χ1n) is 9.66. The molecule has 0 unspecified atom stereocenters. The molecule has 0 spiro atoms. The Morgan fingerprint density at radius 3 is 2.28 bits per heavy atom. The van der Waals surface area contributed by atoms with Crippen LogP contribution in [0.1, 0.15) is 36.6 Å². The Kier molecular flexibility index (Phi) is 5.15. The Balaban J connectivity index is 0.00000205. The number of nitrogens with one attached hydrogen (secondary N) is 1. The number of hydrogen-bond donors (Lipinski definition) is 1. The molecule has 0 radical (unpaired) electrons. The van der Waals surface area contributed by atoms with Crippen LogP contribution >= 0.6 is 12.4 Å². The Labute approximate surface area is 175 Å². The van der Waals surface area contributed by atoms with E-state index in [1.807, 2.05) is 35.2 Å². The summed E-state index contributed by atoms with van der Waals surface area (Å²) >= 11 is 0. The summed E-state index contributed by atoms with van der Waals surface area (Å²) in [5, 5.41) is 3.37. The van der Waals surface area contributed by atoms with Crippen molar-refractivity contribution in [3.8, 4) is 0 Å². The zero-order valence-corrected chi connectivity index (χ0v) is 16.7. The number of carbonyl (C=O) groups excluding carboxylic acids is 3. The lowest BCUT2D eigenvalue weighted by molar-refractivity contribution is 0.0642. The number of carbonyl (C=O) groups is 3. The number of benzene rings is 2. The van der Waals surface area contributed by atoms with E-state index in [-0.39, 0.29) is 36.7 Å². The van der Waals surface area contributed by atoms with Crippen molar-refractivity contribution in [1.82, 2.24) is 15.1 Å². The zero-order valence-electron chi connectivity index (χ0n) is 15.8. The van der Waals surface area contributed by atoms with E-state index in [4.69, 9.17) is 0 Å². The predicted octanol–water partition coefficient (Wildman–Crippen LogP) is 2.20. The number of likely N-dealkylation sites (tertiary alicyclic amines) is 1. The zero-order chi connectivity index (χ0) is 19.3. The van der Waals surface area contributed by atoms with Gasteiger partial charge in [-0.1, -0.05) is 30.3 Å². The quantitative estimate of drug-likeness (QED) is 0.786. The number of imide groups is 1. The van der Waals surface area contributed by atoms with Gasteiger partial charge in [0.25, 0.3) is 17.7 Å². The van der Waals surface area contributed by atoms with Crippen molar-refractivity contribution in [2.45, 2.75) is 6.54 Å². The third kappa shape index (κ3) is 3.32. The molecule has 7 heteroatoms. The lowest BCUT2D eigenvalue weighted by Crippen LogP contribution is -2.32. The smallest absolute Gasteiger partial charge is 0.261 e. The highest BCUT2D eigenvalue weighted by Crippen LogP contribution is 2.29. The van der Waals surface area contributed by atoms with Crippen LogP contribution in [0, 0.1) is 11.8 Å². The molecule has 2 saturated heterocycles. The molecule has 3 aliphatic rings. The van der Waals surface area contributed by atoms with Crippen LogP contribution in [0.4, 0.5) is 0 Å². The first-order chi connectivity index (χ1) is 13.6. The number of amides is 3. The Hall–Kier alpha value is -2.70. The van der Waals surface area contributed by atoms with Gasteiger partial charge < -0.3 is 10.2 Å². The standard InChI is InChI=1S/C22H21N3O3.ClH/c26-20(24-12-16-9-23-10-17(16)13-24)15-6-7-18-19(8-15)22(28)25(21(18)27)11-14-4-2-1-3-5-14;/h1-8,16-17,23H,9-13H2;1H/t16-,17+;. The van der Waals surface area contributed by atoms with Gasteiger partial charge in [0, 0.05) is 31.7 Å². The molecule has 3 amide bonds. The molecule has 1 N–H and O–H groups in total. The first-order valence-corrected chi connectivity index (χ1v) is 9.66. The maximum Gasteiger partial charge on any atom is 0.261 e.